The number of carbonyl (C=O) groups is 3. The second-order valence-corrected chi connectivity index (χ2v) is 7.03. The Kier molecular flexibility index (Phi) is 8.39. The summed E-state index contributed by atoms with van der Waals surface area (Å²) in [5.74, 6) is -0.380. The summed E-state index contributed by atoms with van der Waals surface area (Å²) in [6, 6.07) is 22.2. The number of carbonyl (C=O) groups excluding carboxylic acids is 3. The Hall–Kier alpha value is -3.65. The third-order valence-corrected chi connectivity index (χ3v) is 4.68. The largest absolute Gasteiger partial charge is 0.514 e. The van der Waals surface area contributed by atoms with Gasteiger partial charge in [0.25, 0.3) is 0 Å². The first-order valence-corrected chi connectivity index (χ1v) is 10.7. The van der Waals surface area contributed by atoms with E-state index in [1.165, 1.54) is 18.2 Å². The molecule has 0 aromatic heterocycles. The van der Waals surface area contributed by atoms with Gasteiger partial charge >= 0.3 is 12.3 Å². The molecule has 3 rings (SSSR count). The molecule has 3 aromatic rings. The molecule has 0 aliphatic rings. The molecule has 3 aromatic carbocycles. The monoisotopic (exact) mass is 498 g/mol. The van der Waals surface area contributed by atoms with Gasteiger partial charge in [0, 0.05) is 6.07 Å². The Labute approximate surface area is 193 Å². The SMILES string of the molecule is O=C(OCc1ccccc1)Oc1ccc(C(=O)CBr)c(OC(=O)OCc2ccccc2)c1. The van der Waals surface area contributed by atoms with Crippen LogP contribution < -0.4 is 9.47 Å². The van der Waals surface area contributed by atoms with Crippen LogP contribution in [0.3, 0.4) is 0 Å². The van der Waals surface area contributed by atoms with Gasteiger partial charge in [-0.05, 0) is 23.3 Å². The normalized spacial score (nSPS) is 10.2. The van der Waals surface area contributed by atoms with Crippen molar-refractivity contribution in [3.8, 4) is 11.5 Å². The Morgan fingerprint density at radius 3 is 1.75 bits per heavy atom. The van der Waals surface area contributed by atoms with Crippen molar-refractivity contribution >= 4 is 34.0 Å². The zero-order valence-corrected chi connectivity index (χ0v) is 18.4. The molecule has 0 aliphatic heterocycles. The van der Waals surface area contributed by atoms with Crippen LogP contribution in [0.4, 0.5) is 9.59 Å². The lowest BCUT2D eigenvalue weighted by atomic mass is 10.1. The molecule has 0 heterocycles. The molecule has 0 amide bonds. The number of ketones is 1. The van der Waals surface area contributed by atoms with Gasteiger partial charge in [-0.1, -0.05) is 76.6 Å². The third kappa shape index (κ3) is 6.95. The number of alkyl halides is 1. The van der Waals surface area contributed by atoms with E-state index < -0.39 is 12.3 Å². The van der Waals surface area contributed by atoms with E-state index in [0.29, 0.717) is 0 Å². The molecule has 32 heavy (non-hydrogen) atoms. The van der Waals surface area contributed by atoms with Gasteiger partial charge in [-0.3, -0.25) is 4.79 Å². The molecule has 164 valence electrons. The summed E-state index contributed by atoms with van der Waals surface area (Å²) >= 11 is 3.09. The molecule has 0 unspecified atom stereocenters. The predicted octanol–water partition coefficient (Wildman–Crippen LogP) is 5.70. The smallest absolute Gasteiger partial charge is 0.429 e. The van der Waals surface area contributed by atoms with E-state index in [9.17, 15) is 14.4 Å². The molecule has 0 aliphatic carbocycles. The minimum absolute atomic E-state index is 0.00337. The zero-order chi connectivity index (χ0) is 22.8. The van der Waals surface area contributed by atoms with Crippen LogP contribution in [0.15, 0.2) is 78.9 Å². The van der Waals surface area contributed by atoms with Gasteiger partial charge in [0.2, 0.25) is 0 Å². The van der Waals surface area contributed by atoms with Crippen LogP contribution in [0.25, 0.3) is 0 Å². The van der Waals surface area contributed by atoms with Crippen molar-refractivity contribution < 1.29 is 33.3 Å². The van der Waals surface area contributed by atoms with Gasteiger partial charge in [0.05, 0.1) is 10.9 Å². The topological polar surface area (TPSA) is 88.1 Å². The molecule has 0 saturated carbocycles. The van der Waals surface area contributed by atoms with E-state index in [0.717, 1.165) is 11.1 Å². The highest BCUT2D eigenvalue weighted by Crippen LogP contribution is 2.27. The highest BCUT2D eigenvalue weighted by atomic mass is 79.9. The maximum Gasteiger partial charge on any atom is 0.514 e. The van der Waals surface area contributed by atoms with Gasteiger partial charge in [-0.15, -0.1) is 0 Å². The van der Waals surface area contributed by atoms with Crippen molar-refractivity contribution in [2.24, 2.45) is 0 Å². The lowest BCUT2D eigenvalue weighted by Crippen LogP contribution is -2.14. The number of hydrogen-bond acceptors (Lipinski definition) is 7. The van der Waals surface area contributed by atoms with Crippen LogP contribution in [-0.2, 0) is 22.7 Å². The predicted molar refractivity (Wildman–Crippen MR) is 119 cm³/mol. The molecular weight excluding hydrogens is 480 g/mol. The molecule has 7 nitrogen and oxygen atoms in total. The van der Waals surface area contributed by atoms with E-state index in [2.05, 4.69) is 15.9 Å². The van der Waals surface area contributed by atoms with Crippen LogP contribution in [0, 0.1) is 0 Å². The average molecular weight is 499 g/mol. The van der Waals surface area contributed by atoms with Gasteiger partial charge < -0.3 is 18.9 Å². The lowest BCUT2D eigenvalue weighted by molar-refractivity contribution is 0.0907. The van der Waals surface area contributed by atoms with E-state index in [1.54, 1.807) is 24.3 Å². The van der Waals surface area contributed by atoms with E-state index in [1.807, 2.05) is 36.4 Å². The number of halogens is 1. The number of rotatable bonds is 8. The number of hydrogen-bond donors (Lipinski definition) is 0. The fourth-order valence-corrected chi connectivity index (χ4v) is 2.93. The number of ether oxygens (including phenoxy) is 4. The second-order valence-electron chi connectivity index (χ2n) is 6.47. The minimum Gasteiger partial charge on any atom is -0.429 e. The van der Waals surface area contributed by atoms with Gasteiger partial charge in [-0.25, -0.2) is 9.59 Å². The molecule has 0 spiro atoms. The van der Waals surface area contributed by atoms with Gasteiger partial charge in [0.15, 0.2) is 5.78 Å². The molecular formula is C24H19BrO7. The summed E-state index contributed by atoms with van der Waals surface area (Å²) in [7, 11) is 0. The van der Waals surface area contributed by atoms with Crippen molar-refractivity contribution in [1.29, 1.82) is 0 Å². The van der Waals surface area contributed by atoms with Gasteiger partial charge in [0.1, 0.15) is 24.7 Å². The molecule has 0 atom stereocenters. The summed E-state index contributed by atoms with van der Waals surface area (Å²) in [6.07, 6.45) is -1.94. The third-order valence-electron chi connectivity index (χ3n) is 4.17. The molecule has 0 radical (unpaired) electrons. The zero-order valence-electron chi connectivity index (χ0n) is 16.9. The first-order valence-electron chi connectivity index (χ1n) is 9.55. The maximum absolute atomic E-state index is 12.2. The maximum atomic E-state index is 12.2. The van der Waals surface area contributed by atoms with Crippen LogP contribution in [-0.4, -0.2) is 23.4 Å². The Morgan fingerprint density at radius 2 is 1.22 bits per heavy atom. The molecule has 0 bridgehead atoms. The Balaban J connectivity index is 1.65. The summed E-state index contributed by atoms with van der Waals surface area (Å²) < 4.78 is 20.5. The second kappa shape index (κ2) is 11.7. The Morgan fingerprint density at radius 1 is 0.688 bits per heavy atom. The Bertz CT molecular complexity index is 1070. The lowest BCUT2D eigenvalue weighted by Gasteiger charge is -2.11. The first-order chi connectivity index (χ1) is 15.5. The van der Waals surface area contributed by atoms with Gasteiger partial charge in [-0.2, -0.15) is 0 Å². The van der Waals surface area contributed by atoms with E-state index >= 15 is 0 Å². The molecule has 0 saturated heterocycles. The fourth-order valence-electron chi connectivity index (χ4n) is 2.63. The quantitative estimate of drug-likeness (QED) is 0.170. The van der Waals surface area contributed by atoms with Crippen LogP contribution in [0.1, 0.15) is 21.5 Å². The molecule has 8 heteroatoms. The van der Waals surface area contributed by atoms with Crippen LogP contribution in [0.5, 0.6) is 11.5 Å². The van der Waals surface area contributed by atoms with Crippen molar-refractivity contribution in [2.75, 3.05) is 5.33 Å². The van der Waals surface area contributed by atoms with Crippen molar-refractivity contribution in [3.05, 3.63) is 95.6 Å². The van der Waals surface area contributed by atoms with Crippen molar-refractivity contribution in [3.63, 3.8) is 0 Å². The standard InChI is InChI=1S/C24H19BrO7/c25-14-21(26)20-12-11-19(31-23(27)29-15-17-7-3-1-4-8-17)13-22(20)32-24(28)30-16-18-9-5-2-6-10-18/h1-13H,14-16H2. The minimum atomic E-state index is -0.999. The van der Waals surface area contributed by atoms with Crippen LogP contribution >= 0.6 is 15.9 Å². The highest BCUT2D eigenvalue weighted by molar-refractivity contribution is 9.09. The summed E-state index contributed by atoms with van der Waals surface area (Å²) in [5, 5.41) is 0.0156. The summed E-state index contributed by atoms with van der Waals surface area (Å²) in [5.41, 5.74) is 1.70. The molecule has 0 N–H and O–H groups in total. The fraction of sp³-hybridized carbons (Fsp3) is 0.125. The number of Topliss-reactive ketones (excluding diaryl/α,β-unsaturated/α-hetero) is 1. The summed E-state index contributed by atoms with van der Waals surface area (Å²) in [6.45, 7) is 0.0401. The van der Waals surface area contributed by atoms with Crippen molar-refractivity contribution in [1.82, 2.24) is 0 Å². The van der Waals surface area contributed by atoms with Crippen molar-refractivity contribution in [2.45, 2.75) is 13.2 Å². The van der Waals surface area contributed by atoms with E-state index in [4.69, 9.17) is 18.9 Å². The average Bonchev–Trinajstić information content (AvgIpc) is 2.82. The van der Waals surface area contributed by atoms with E-state index in [-0.39, 0.29) is 41.4 Å². The molecule has 0 fully saturated rings. The number of benzene rings is 3. The first kappa shape index (κ1) is 23.0. The van der Waals surface area contributed by atoms with Crippen LogP contribution in [0.2, 0.25) is 0 Å². The summed E-state index contributed by atoms with van der Waals surface area (Å²) in [4.78, 5) is 36.3. The highest BCUT2D eigenvalue weighted by Gasteiger charge is 2.18.